The first-order valence-electron chi connectivity index (χ1n) is 6.09. The van der Waals surface area contributed by atoms with Crippen molar-refractivity contribution in [3.63, 3.8) is 0 Å². The van der Waals surface area contributed by atoms with Crippen molar-refractivity contribution in [1.82, 2.24) is 5.32 Å². The van der Waals surface area contributed by atoms with E-state index >= 15 is 0 Å². The number of hydrogen-bond acceptors (Lipinski definition) is 2. The predicted molar refractivity (Wildman–Crippen MR) is 70.5 cm³/mol. The van der Waals surface area contributed by atoms with Crippen molar-refractivity contribution in [2.24, 2.45) is 5.92 Å². The molecule has 92 valence electrons. The minimum atomic E-state index is 0.146. The molecule has 0 saturated carbocycles. The van der Waals surface area contributed by atoms with Gasteiger partial charge in [0.1, 0.15) is 5.78 Å². The fourth-order valence-electron chi connectivity index (χ4n) is 2.41. The maximum absolute atomic E-state index is 12.2. The lowest BCUT2D eigenvalue weighted by Gasteiger charge is -2.14. The van der Waals surface area contributed by atoms with Crippen LogP contribution in [0.2, 0.25) is 5.02 Å². The van der Waals surface area contributed by atoms with Gasteiger partial charge in [-0.25, -0.2) is 0 Å². The van der Waals surface area contributed by atoms with Gasteiger partial charge in [0, 0.05) is 23.4 Å². The Balaban J connectivity index is 2.07. The summed E-state index contributed by atoms with van der Waals surface area (Å²) in [6.07, 6.45) is 1.40. The van der Waals surface area contributed by atoms with Crippen LogP contribution in [0.15, 0.2) is 18.2 Å². The van der Waals surface area contributed by atoms with Crippen molar-refractivity contribution in [1.29, 1.82) is 0 Å². The Morgan fingerprint density at radius 3 is 2.88 bits per heavy atom. The molecular weight excluding hydrogens is 234 g/mol. The topological polar surface area (TPSA) is 29.1 Å². The Labute approximate surface area is 107 Å². The number of benzene rings is 1. The van der Waals surface area contributed by atoms with Crippen LogP contribution in [0.25, 0.3) is 0 Å². The van der Waals surface area contributed by atoms with Gasteiger partial charge in [0.25, 0.3) is 0 Å². The average molecular weight is 252 g/mol. The maximum Gasteiger partial charge on any atom is 0.141 e. The first kappa shape index (κ1) is 12.6. The lowest BCUT2D eigenvalue weighted by molar-refractivity contribution is -0.122. The zero-order valence-electron chi connectivity index (χ0n) is 10.3. The summed E-state index contributed by atoms with van der Waals surface area (Å²) in [7, 11) is 0. The molecule has 2 nitrogen and oxygen atoms in total. The van der Waals surface area contributed by atoms with Crippen LogP contribution < -0.4 is 5.32 Å². The molecule has 17 heavy (non-hydrogen) atoms. The highest BCUT2D eigenvalue weighted by Gasteiger charge is 2.29. The van der Waals surface area contributed by atoms with E-state index in [-0.39, 0.29) is 5.92 Å². The summed E-state index contributed by atoms with van der Waals surface area (Å²) in [6, 6.07) is 6.18. The highest BCUT2D eigenvalue weighted by atomic mass is 35.5. The molecule has 1 aromatic carbocycles. The smallest absolute Gasteiger partial charge is 0.141 e. The number of halogens is 1. The van der Waals surface area contributed by atoms with E-state index in [1.807, 2.05) is 25.1 Å². The van der Waals surface area contributed by atoms with Crippen LogP contribution in [0, 0.1) is 12.8 Å². The van der Waals surface area contributed by atoms with E-state index in [0.717, 1.165) is 24.1 Å². The molecule has 1 N–H and O–H groups in total. The SMILES string of the molecule is Cc1ccc(CC(=O)C2CCNC2C)c(Cl)c1. The number of ketones is 1. The quantitative estimate of drug-likeness (QED) is 0.895. The Bertz CT molecular complexity index is 430. The Hall–Kier alpha value is -0.860. The summed E-state index contributed by atoms with van der Waals surface area (Å²) in [5.74, 6) is 0.445. The van der Waals surface area contributed by atoms with Crippen molar-refractivity contribution >= 4 is 17.4 Å². The third-order valence-corrected chi connectivity index (χ3v) is 3.86. The van der Waals surface area contributed by atoms with Gasteiger partial charge in [-0.1, -0.05) is 23.7 Å². The molecule has 0 bridgehead atoms. The summed E-state index contributed by atoms with van der Waals surface area (Å²) in [4.78, 5) is 12.2. The minimum Gasteiger partial charge on any atom is -0.314 e. The minimum absolute atomic E-state index is 0.146. The molecule has 0 aromatic heterocycles. The monoisotopic (exact) mass is 251 g/mol. The molecule has 3 heteroatoms. The number of nitrogens with one attached hydrogen (secondary N) is 1. The van der Waals surface area contributed by atoms with Gasteiger partial charge in [-0.05, 0) is 44.0 Å². The predicted octanol–water partition coefficient (Wildman–Crippen LogP) is 2.76. The van der Waals surface area contributed by atoms with Crippen LogP contribution in [-0.2, 0) is 11.2 Å². The van der Waals surface area contributed by atoms with E-state index in [1.165, 1.54) is 0 Å². The van der Waals surface area contributed by atoms with Crippen LogP contribution in [0.4, 0.5) is 0 Å². The molecule has 2 rings (SSSR count). The largest absolute Gasteiger partial charge is 0.314 e. The van der Waals surface area contributed by atoms with E-state index in [1.54, 1.807) is 0 Å². The van der Waals surface area contributed by atoms with Crippen molar-refractivity contribution < 1.29 is 4.79 Å². The van der Waals surface area contributed by atoms with Gasteiger partial charge in [0.05, 0.1) is 0 Å². The zero-order valence-corrected chi connectivity index (χ0v) is 11.1. The summed E-state index contributed by atoms with van der Waals surface area (Å²) in [6.45, 7) is 5.02. The molecule has 2 unspecified atom stereocenters. The van der Waals surface area contributed by atoms with Crippen LogP contribution in [-0.4, -0.2) is 18.4 Å². The van der Waals surface area contributed by atoms with Crippen LogP contribution in [0.1, 0.15) is 24.5 Å². The molecule has 0 radical (unpaired) electrons. The van der Waals surface area contributed by atoms with Gasteiger partial charge in [-0.15, -0.1) is 0 Å². The molecule has 1 heterocycles. The number of carbonyl (C=O) groups excluding carboxylic acids is 1. The third kappa shape index (κ3) is 2.88. The zero-order chi connectivity index (χ0) is 12.4. The van der Waals surface area contributed by atoms with Crippen molar-refractivity contribution in [2.75, 3.05) is 6.54 Å². The molecule has 2 atom stereocenters. The molecular formula is C14H18ClNO. The van der Waals surface area contributed by atoms with Crippen LogP contribution in [0.5, 0.6) is 0 Å². The number of carbonyl (C=O) groups is 1. The summed E-state index contributed by atoms with van der Waals surface area (Å²) in [5, 5.41) is 4.01. The lowest BCUT2D eigenvalue weighted by atomic mass is 9.92. The van der Waals surface area contributed by atoms with Crippen LogP contribution in [0.3, 0.4) is 0 Å². The second-order valence-corrected chi connectivity index (χ2v) is 5.28. The third-order valence-electron chi connectivity index (χ3n) is 3.51. The maximum atomic E-state index is 12.2. The van der Waals surface area contributed by atoms with Gasteiger partial charge in [-0.2, -0.15) is 0 Å². The van der Waals surface area contributed by atoms with Crippen molar-refractivity contribution in [3.05, 3.63) is 34.3 Å². The Morgan fingerprint density at radius 2 is 2.29 bits per heavy atom. The van der Waals surface area contributed by atoms with Crippen molar-refractivity contribution in [2.45, 2.75) is 32.7 Å². The summed E-state index contributed by atoms with van der Waals surface area (Å²) >= 11 is 6.15. The standard InChI is InChI=1S/C14H18ClNO/c1-9-3-4-11(13(15)7-9)8-14(17)12-5-6-16-10(12)2/h3-4,7,10,12,16H,5-6,8H2,1-2H3. The number of Topliss-reactive ketones (excluding diaryl/α,β-unsaturated/α-hetero) is 1. The van der Waals surface area contributed by atoms with Gasteiger partial charge in [0.2, 0.25) is 0 Å². The first-order chi connectivity index (χ1) is 8.08. The molecule has 0 spiro atoms. The van der Waals surface area contributed by atoms with Crippen LogP contribution >= 0.6 is 11.6 Å². The van der Waals surface area contributed by atoms with Gasteiger partial charge in [-0.3, -0.25) is 4.79 Å². The highest BCUT2D eigenvalue weighted by molar-refractivity contribution is 6.31. The highest BCUT2D eigenvalue weighted by Crippen LogP contribution is 2.22. The van der Waals surface area contributed by atoms with E-state index in [9.17, 15) is 4.79 Å². The molecule has 1 fully saturated rings. The number of rotatable bonds is 3. The van der Waals surface area contributed by atoms with E-state index in [2.05, 4.69) is 12.2 Å². The Kier molecular flexibility index (Phi) is 3.85. The molecule has 1 aromatic rings. The van der Waals surface area contributed by atoms with Gasteiger partial charge in [0.15, 0.2) is 0 Å². The van der Waals surface area contributed by atoms with Gasteiger partial charge < -0.3 is 5.32 Å². The second kappa shape index (κ2) is 5.19. The van der Waals surface area contributed by atoms with Gasteiger partial charge >= 0.3 is 0 Å². The molecule has 1 aliphatic heterocycles. The van der Waals surface area contributed by atoms with E-state index in [0.29, 0.717) is 23.3 Å². The lowest BCUT2D eigenvalue weighted by Crippen LogP contribution is -2.29. The molecule has 1 aliphatic rings. The summed E-state index contributed by atoms with van der Waals surface area (Å²) < 4.78 is 0. The fourth-order valence-corrected chi connectivity index (χ4v) is 2.72. The average Bonchev–Trinajstić information content (AvgIpc) is 2.68. The number of aryl methyl sites for hydroxylation is 1. The fraction of sp³-hybridized carbons (Fsp3) is 0.500. The molecule has 0 aliphatic carbocycles. The van der Waals surface area contributed by atoms with Crippen molar-refractivity contribution in [3.8, 4) is 0 Å². The summed E-state index contributed by atoms with van der Waals surface area (Å²) in [5.41, 5.74) is 2.07. The van der Waals surface area contributed by atoms with E-state index in [4.69, 9.17) is 11.6 Å². The second-order valence-electron chi connectivity index (χ2n) is 4.88. The number of hydrogen-bond donors (Lipinski definition) is 1. The van der Waals surface area contributed by atoms with E-state index < -0.39 is 0 Å². The normalized spacial score (nSPS) is 23.9. The molecule has 1 saturated heterocycles. The first-order valence-corrected chi connectivity index (χ1v) is 6.47. The molecule has 0 amide bonds. The Morgan fingerprint density at radius 1 is 1.53 bits per heavy atom.